The molecule has 2 aliphatic rings. The number of hydrogen-bond acceptors (Lipinski definition) is 1. The molecule has 1 nitrogen and oxygen atoms in total. The van der Waals surface area contributed by atoms with E-state index in [1.165, 1.54) is 25.7 Å². The first-order chi connectivity index (χ1) is 8.20. The van der Waals surface area contributed by atoms with Crippen molar-refractivity contribution in [1.82, 2.24) is 5.32 Å². The summed E-state index contributed by atoms with van der Waals surface area (Å²) in [4.78, 5) is 0. The van der Waals surface area contributed by atoms with Gasteiger partial charge in [0.15, 0.2) is 0 Å². The maximum absolute atomic E-state index is 13.4. The van der Waals surface area contributed by atoms with Gasteiger partial charge in [0.2, 0.25) is 0 Å². The summed E-state index contributed by atoms with van der Waals surface area (Å²) in [7, 11) is 0. The van der Waals surface area contributed by atoms with E-state index < -0.39 is 0 Å². The van der Waals surface area contributed by atoms with Gasteiger partial charge in [-0.1, -0.05) is 17.7 Å². The third kappa shape index (κ3) is 2.21. The van der Waals surface area contributed by atoms with Crippen molar-refractivity contribution in [3.05, 3.63) is 34.6 Å². The quantitative estimate of drug-likeness (QED) is 0.869. The Balaban J connectivity index is 1.82. The number of rotatable bonds is 3. The van der Waals surface area contributed by atoms with Gasteiger partial charge in [-0.3, -0.25) is 0 Å². The SMILES string of the molecule is Fc1cc(CC2(C3CC3)CCCN2)ccc1Cl. The molecule has 1 aromatic rings. The highest BCUT2D eigenvalue weighted by atomic mass is 35.5. The maximum Gasteiger partial charge on any atom is 0.142 e. The first kappa shape index (κ1) is 11.5. The van der Waals surface area contributed by atoms with Crippen molar-refractivity contribution in [2.24, 2.45) is 5.92 Å². The van der Waals surface area contributed by atoms with Crippen molar-refractivity contribution >= 4 is 11.6 Å². The number of nitrogens with one attached hydrogen (secondary N) is 1. The third-order valence-corrected chi connectivity index (χ3v) is 4.45. The Kier molecular flexibility index (Phi) is 2.87. The van der Waals surface area contributed by atoms with E-state index in [-0.39, 0.29) is 16.4 Å². The predicted octanol–water partition coefficient (Wildman–Crippen LogP) is 3.55. The Hall–Kier alpha value is -0.600. The van der Waals surface area contributed by atoms with E-state index in [4.69, 9.17) is 11.6 Å². The fraction of sp³-hybridized carbons (Fsp3) is 0.571. The van der Waals surface area contributed by atoms with E-state index in [0.29, 0.717) is 0 Å². The van der Waals surface area contributed by atoms with Crippen LogP contribution in [-0.4, -0.2) is 12.1 Å². The predicted molar refractivity (Wildman–Crippen MR) is 67.8 cm³/mol. The van der Waals surface area contributed by atoms with Gasteiger partial charge in [-0.25, -0.2) is 4.39 Å². The summed E-state index contributed by atoms with van der Waals surface area (Å²) in [6.45, 7) is 1.10. The van der Waals surface area contributed by atoms with Crippen LogP contribution in [0.4, 0.5) is 4.39 Å². The minimum absolute atomic E-state index is 0.216. The summed E-state index contributed by atoms with van der Waals surface area (Å²) in [6.07, 6.45) is 6.05. The average Bonchev–Trinajstić information content (AvgIpc) is 3.07. The normalized spacial score (nSPS) is 28.6. The Morgan fingerprint density at radius 2 is 2.24 bits per heavy atom. The largest absolute Gasteiger partial charge is 0.311 e. The van der Waals surface area contributed by atoms with Crippen LogP contribution in [-0.2, 0) is 6.42 Å². The molecule has 1 saturated carbocycles. The van der Waals surface area contributed by atoms with Crippen molar-refractivity contribution in [2.45, 2.75) is 37.6 Å². The third-order valence-electron chi connectivity index (χ3n) is 4.14. The summed E-state index contributed by atoms with van der Waals surface area (Å²) < 4.78 is 13.4. The molecule has 0 radical (unpaired) electrons. The Morgan fingerprint density at radius 1 is 1.41 bits per heavy atom. The van der Waals surface area contributed by atoms with Crippen molar-refractivity contribution in [2.75, 3.05) is 6.54 Å². The van der Waals surface area contributed by atoms with E-state index >= 15 is 0 Å². The van der Waals surface area contributed by atoms with Gasteiger partial charge in [0.1, 0.15) is 5.82 Å². The van der Waals surface area contributed by atoms with E-state index in [1.54, 1.807) is 12.1 Å². The van der Waals surface area contributed by atoms with Crippen LogP contribution in [0.15, 0.2) is 18.2 Å². The highest BCUT2D eigenvalue weighted by Gasteiger charge is 2.46. The first-order valence-corrected chi connectivity index (χ1v) is 6.76. The van der Waals surface area contributed by atoms with Gasteiger partial charge in [0, 0.05) is 5.54 Å². The van der Waals surface area contributed by atoms with Crippen LogP contribution >= 0.6 is 11.6 Å². The fourth-order valence-corrected chi connectivity index (χ4v) is 3.24. The smallest absolute Gasteiger partial charge is 0.142 e. The zero-order chi connectivity index (χ0) is 11.9. The van der Waals surface area contributed by atoms with Crippen LogP contribution in [0.3, 0.4) is 0 Å². The monoisotopic (exact) mass is 253 g/mol. The standard InChI is InChI=1S/C14H17ClFN/c15-12-5-2-10(8-13(12)16)9-14(11-3-4-11)6-1-7-17-14/h2,5,8,11,17H,1,3-4,6-7,9H2. The molecule has 1 N–H and O–H groups in total. The number of hydrogen-bond donors (Lipinski definition) is 1. The molecule has 0 amide bonds. The highest BCUT2D eigenvalue weighted by molar-refractivity contribution is 6.30. The molecular formula is C14H17ClFN. The van der Waals surface area contributed by atoms with E-state index in [9.17, 15) is 4.39 Å². The maximum atomic E-state index is 13.4. The fourth-order valence-electron chi connectivity index (χ4n) is 3.12. The van der Waals surface area contributed by atoms with E-state index in [2.05, 4.69) is 5.32 Å². The van der Waals surface area contributed by atoms with Crippen molar-refractivity contribution in [1.29, 1.82) is 0 Å². The van der Waals surface area contributed by atoms with Gasteiger partial charge >= 0.3 is 0 Å². The Morgan fingerprint density at radius 3 is 2.82 bits per heavy atom. The molecule has 0 spiro atoms. The van der Waals surface area contributed by atoms with Gasteiger partial charge in [-0.15, -0.1) is 0 Å². The average molecular weight is 254 g/mol. The lowest BCUT2D eigenvalue weighted by molar-refractivity contribution is 0.323. The lowest BCUT2D eigenvalue weighted by atomic mass is 9.84. The second-order valence-corrected chi connectivity index (χ2v) is 5.79. The summed E-state index contributed by atoms with van der Waals surface area (Å²) >= 11 is 5.72. The minimum atomic E-state index is -0.298. The van der Waals surface area contributed by atoms with Crippen LogP contribution in [0, 0.1) is 11.7 Å². The van der Waals surface area contributed by atoms with Gasteiger partial charge in [0.25, 0.3) is 0 Å². The van der Waals surface area contributed by atoms with E-state index in [0.717, 1.165) is 24.4 Å². The van der Waals surface area contributed by atoms with Crippen LogP contribution in [0.25, 0.3) is 0 Å². The van der Waals surface area contributed by atoms with Gasteiger partial charge in [-0.2, -0.15) is 0 Å². The van der Waals surface area contributed by atoms with Crippen molar-refractivity contribution in [3.8, 4) is 0 Å². The molecule has 1 atom stereocenters. The molecule has 3 rings (SSSR count). The number of halogens is 2. The molecule has 1 saturated heterocycles. The highest BCUT2D eigenvalue weighted by Crippen LogP contribution is 2.45. The van der Waals surface area contributed by atoms with Crippen LogP contribution in [0.5, 0.6) is 0 Å². The molecule has 1 aliphatic carbocycles. The molecule has 1 aliphatic heterocycles. The molecule has 2 fully saturated rings. The molecule has 92 valence electrons. The molecule has 1 unspecified atom stereocenters. The van der Waals surface area contributed by atoms with E-state index in [1.807, 2.05) is 6.07 Å². The molecule has 0 aromatic heterocycles. The lowest BCUT2D eigenvalue weighted by Crippen LogP contribution is -2.44. The second kappa shape index (κ2) is 4.25. The molecule has 3 heteroatoms. The number of benzene rings is 1. The Labute approximate surface area is 106 Å². The van der Waals surface area contributed by atoms with Crippen LogP contribution < -0.4 is 5.32 Å². The summed E-state index contributed by atoms with van der Waals surface area (Å²) in [5, 5.41) is 3.88. The molecule has 1 heterocycles. The Bertz CT molecular complexity index is 422. The van der Waals surface area contributed by atoms with Crippen LogP contribution in [0.2, 0.25) is 5.02 Å². The summed E-state index contributed by atoms with van der Waals surface area (Å²) in [5.41, 5.74) is 1.30. The molecule has 1 aromatic carbocycles. The first-order valence-electron chi connectivity index (χ1n) is 6.39. The van der Waals surface area contributed by atoms with Crippen molar-refractivity contribution in [3.63, 3.8) is 0 Å². The second-order valence-electron chi connectivity index (χ2n) is 5.39. The topological polar surface area (TPSA) is 12.0 Å². The molecule has 17 heavy (non-hydrogen) atoms. The van der Waals surface area contributed by atoms with Gasteiger partial charge < -0.3 is 5.32 Å². The zero-order valence-electron chi connectivity index (χ0n) is 9.81. The summed E-state index contributed by atoms with van der Waals surface area (Å²) in [5.74, 6) is 0.497. The van der Waals surface area contributed by atoms with Gasteiger partial charge in [-0.05, 0) is 62.3 Å². The zero-order valence-corrected chi connectivity index (χ0v) is 10.6. The lowest BCUT2D eigenvalue weighted by Gasteiger charge is -2.30. The van der Waals surface area contributed by atoms with Crippen molar-refractivity contribution < 1.29 is 4.39 Å². The molecular weight excluding hydrogens is 237 g/mol. The minimum Gasteiger partial charge on any atom is -0.311 e. The van der Waals surface area contributed by atoms with Gasteiger partial charge in [0.05, 0.1) is 5.02 Å². The van der Waals surface area contributed by atoms with Crippen LogP contribution in [0.1, 0.15) is 31.2 Å². The molecule has 0 bridgehead atoms. The summed E-state index contributed by atoms with van der Waals surface area (Å²) in [6, 6.07) is 5.21.